The minimum Gasteiger partial charge on any atom is -0.326 e. The number of alkyl halides is 1. The Labute approximate surface area is 134 Å². The molecular weight excluding hydrogens is 305 g/mol. The van der Waals surface area contributed by atoms with E-state index >= 15 is 0 Å². The van der Waals surface area contributed by atoms with Gasteiger partial charge in [-0.2, -0.15) is 0 Å². The van der Waals surface area contributed by atoms with Gasteiger partial charge in [0.1, 0.15) is 0 Å². The maximum atomic E-state index is 11.4. The quantitative estimate of drug-likeness (QED) is 0.787. The first-order valence-electron chi connectivity index (χ1n) is 6.87. The molecule has 4 heteroatoms. The zero-order chi connectivity index (χ0) is 15.0. The monoisotopic (exact) mass is 319 g/mol. The highest BCUT2D eigenvalue weighted by Crippen LogP contribution is 2.35. The highest BCUT2D eigenvalue weighted by molar-refractivity contribution is 6.31. The molecule has 1 amide bonds. The van der Waals surface area contributed by atoms with Crippen molar-refractivity contribution >= 4 is 34.8 Å². The summed E-state index contributed by atoms with van der Waals surface area (Å²) in [6.07, 6.45) is 1.28. The Hall–Kier alpha value is -1.51. The molecule has 0 fully saturated rings. The van der Waals surface area contributed by atoms with Gasteiger partial charge >= 0.3 is 0 Å². The SMILES string of the molecule is Cc1ccc(Cl)cc1C(Cl)c1ccc2c(c1)CCC(=O)N2. The maximum absolute atomic E-state index is 11.4. The van der Waals surface area contributed by atoms with Crippen LogP contribution in [-0.2, 0) is 11.2 Å². The molecule has 0 saturated carbocycles. The summed E-state index contributed by atoms with van der Waals surface area (Å²) in [5.74, 6) is 0.0726. The van der Waals surface area contributed by atoms with E-state index in [-0.39, 0.29) is 11.3 Å². The average Bonchev–Trinajstić information content (AvgIpc) is 2.48. The smallest absolute Gasteiger partial charge is 0.224 e. The van der Waals surface area contributed by atoms with Crippen molar-refractivity contribution in [1.29, 1.82) is 0 Å². The van der Waals surface area contributed by atoms with Crippen molar-refractivity contribution < 1.29 is 4.79 Å². The molecule has 0 aliphatic carbocycles. The number of halogens is 2. The van der Waals surface area contributed by atoms with E-state index in [9.17, 15) is 4.79 Å². The van der Waals surface area contributed by atoms with Gasteiger partial charge in [0.05, 0.1) is 5.38 Å². The summed E-state index contributed by atoms with van der Waals surface area (Å²) in [5.41, 5.74) is 5.19. The van der Waals surface area contributed by atoms with E-state index in [1.165, 1.54) is 0 Å². The second-order valence-electron chi connectivity index (χ2n) is 5.33. The fourth-order valence-electron chi connectivity index (χ4n) is 2.62. The molecule has 1 aliphatic heterocycles. The zero-order valence-electron chi connectivity index (χ0n) is 11.6. The Kier molecular flexibility index (Phi) is 3.92. The molecule has 0 spiro atoms. The third kappa shape index (κ3) is 2.92. The Morgan fingerprint density at radius 2 is 1.95 bits per heavy atom. The van der Waals surface area contributed by atoms with E-state index in [4.69, 9.17) is 23.2 Å². The van der Waals surface area contributed by atoms with Crippen LogP contribution in [0.2, 0.25) is 5.02 Å². The van der Waals surface area contributed by atoms with E-state index in [1.807, 2.05) is 37.3 Å². The van der Waals surface area contributed by atoms with Crippen LogP contribution in [0.3, 0.4) is 0 Å². The van der Waals surface area contributed by atoms with E-state index in [1.54, 1.807) is 0 Å². The van der Waals surface area contributed by atoms with Gasteiger partial charge in [-0.25, -0.2) is 0 Å². The molecule has 1 heterocycles. The second-order valence-corrected chi connectivity index (χ2v) is 6.20. The molecule has 3 rings (SSSR count). The standard InChI is InChI=1S/C17H15Cl2NO/c1-10-2-5-13(18)9-14(10)17(19)12-3-6-15-11(8-12)4-7-16(21)20-15/h2-3,5-6,8-9,17H,4,7H2,1H3,(H,20,21). The lowest BCUT2D eigenvalue weighted by molar-refractivity contribution is -0.116. The topological polar surface area (TPSA) is 29.1 Å². The third-order valence-corrected chi connectivity index (χ3v) is 4.55. The van der Waals surface area contributed by atoms with Gasteiger partial charge in [-0.15, -0.1) is 11.6 Å². The first-order chi connectivity index (χ1) is 10.0. The Morgan fingerprint density at radius 3 is 2.76 bits per heavy atom. The molecule has 2 aromatic rings. The van der Waals surface area contributed by atoms with Crippen molar-refractivity contribution in [3.8, 4) is 0 Å². The van der Waals surface area contributed by atoms with Crippen molar-refractivity contribution in [3.63, 3.8) is 0 Å². The van der Waals surface area contributed by atoms with Crippen LogP contribution < -0.4 is 5.32 Å². The van der Waals surface area contributed by atoms with Gasteiger partial charge < -0.3 is 5.32 Å². The van der Waals surface area contributed by atoms with Gasteiger partial charge in [0, 0.05) is 17.1 Å². The lowest BCUT2D eigenvalue weighted by Crippen LogP contribution is -2.19. The molecule has 1 unspecified atom stereocenters. The molecule has 108 valence electrons. The van der Waals surface area contributed by atoms with Crippen molar-refractivity contribution in [2.24, 2.45) is 0 Å². The molecule has 0 saturated heterocycles. The fourth-order valence-corrected chi connectivity index (χ4v) is 3.18. The summed E-state index contributed by atoms with van der Waals surface area (Å²) in [4.78, 5) is 11.4. The number of carbonyl (C=O) groups is 1. The lowest BCUT2D eigenvalue weighted by Gasteiger charge is -2.20. The van der Waals surface area contributed by atoms with Gasteiger partial charge in [0.15, 0.2) is 0 Å². The number of anilines is 1. The van der Waals surface area contributed by atoms with Crippen LogP contribution in [-0.4, -0.2) is 5.91 Å². The summed E-state index contributed by atoms with van der Waals surface area (Å²) in [7, 11) is 0. The number of carbonyl (C=O) groups excluding carboxylic acids is 1. The predicted molar refractivity (Wildman–Crippen MR) is 87.3 cm³/mol. The fraction of sp³-hybridized carbons (Fsp3) is 0.235. The van der Waals surface area contributed by atoms with Crippen LogP contribution >= 0.6 is 23.2 Å². The van der Waals surface area contributed by atoms with Crippen molar-refractivity contribution in [2.75, 3.05) is 5.32 Å². The van der Waals surface area contributed by atoms with Gasteiger partial charge in [0.25, 0.3) is 0 Å². The first-order valence-corrected chi connectivity index (χ1v) is 7.69. The number of amides is 1. The summed E-state index contributed by atoms with van der Waals surface area (Å²) in [5, 5.41) is 3.33. The molecule has 21 heavy (non-hydrogen) atoms. The number of rotatable bonds is 2. The Balaban J connectivity index is 1.97. The Morgan fingerprint density at radius 1 is 1.14 bits per heavy atom. The molecule has 0 bridgehead atoms. The summed E-state index contributed by atoms with van der Waals surface area (Å²) < 4.78 is 0. The number of hydrogen-bond donors (Lipinski definition) is 1. The van der Waals surface area contributed by atoms with Gasteiger partial charge in [-0.05, 0) is 53.8 Å². The van der Waals surface area contributed by atoms with Crippen molar-refractivity contribution in [1.82, 2.24) is 0 Å². The van der Waals surface area contributed by atoms with Crippen molar-refractivity contribution in [2.45, 2.75) is 25.1 Å². The van der Waals surface area contributed by atoms with Gasteiger partial charge in [0.2, 0.25) is 5.91 Å². The average molecular weight is 320 g/mol. The number of benzene rings is 2. The van der Waals surface area contributed by atoms with Crippen LogP contribution in [0.15, 0.2) is 36.4 Å². The highest BCUT2D eigenvalue weighted by Gasteiger charge is 2.19. The molecule has 0 aromatic heterocycles. The van der Waals surface area contributed by atoms with E-state index in [0.717, 1.165) is 34.4 Å². The molecule has 1 atom stereocenters. The molecule has 0 radical (unpaired) electrons. The van der Waals surface area contributed by atoms with Crippen LogP contribution in [0.4, 0.5) is 5.69 Å². The molecular formula is C17H15Cl2NO. The molecule has 2 nitrogen and oxygen atoms in total. The van der Waals surface area contributed by atoms with Crippen LogP contribution in [0, 0.1) is 6.92 Å². The van der Waals surface area contributed by atoms with E-state index in [0.29, 0.717) is 11.4 Å². The van der Waals surface area contributed by atoms with E-state index < -0.39 is 0 Å². The summed E-state index contributed by atoms with van der Waals surface area (Å²) in [6, 6.07) is 11.7. The Bertz CT molecular complexity index is 712. The summed E-state index contributed by atoms with van der Waals surface area (Å²) >= 11 is 12.7. The zero-order valence-corrected chi connectivity index (χ0v) is 13.1. The van der Waals surface area contributed by atoms with Crippen LogP contribution in [0.5, 0.6) is 0 Å². The number of fused-ring (bicyclic) bond motifs is 1. The van der Waals surface area contributed by atoms with Gasteiger partial charge in [-0.1, -0.05) is 29.8 Å². The minimum atomic E-state index is -0.244. The largest absolute Gasteiger partial charge is 0.326 e. The number of hydrogen-bond acceptors (Lipinski definition) is 1. The normalized spacial score (nSPS) is 15.3. The predicted octanol–water partition coefficient (Wildman–Crippen LogP) is 4.86. The molecule has 1 N–H and O–H groups in total. The lowest BCUT2D eigenvalue weighted by atomic mass is 9.95. The molecule has 2 aromatic carbocycles. The maximum Gasteiger partial charge on any atom is 0.224 e. The van der Waals surface area contributed by atoms with E-state index in [2.05, 4.69) is 11.4 Å². The number of aryl methyl sites for hydroxylation is 2. The van der Waals surface area contributed by atoms with Crippen LogP contribution in [0.25, 0.3) is 0 Å². The summed E-state index contributed by atoms with van der Waals surface area (Å²) in [6.45, 7) is 2.03. The van der Waals surface area contributed by atoms with Gasteiger partial charge in [-0.3, -0.25) is 4.79 Å². The molecule has 1 aliphatic rings. The second kappa shape index (κ2) is 5.70. The first kappa shape index (κ1) is 14.4. The minimum absolute atomic E-state index is 0.0726. The highest BCUT2D eigenvalue weighted by atomic mass is 35.5. The third-order valence-electron chi connectivity index (χ3n) is 3.83. The van der Waals surface area contributed by atoms with Crippen LogP contribution in [0.1, 0.15) is 34.1 Å². The van der Waals surface area contributed by atoms with Crippen molar-refractivity contribution in [3.05, 3.63) is 63.7 Å². The number of nitrogens with one attached hydrogen (secondary N) is 1.